The van der Waals surface area contributed by atoms with Gasteiger partial charge in [0.1, 0.15) is 5.75 Å². The molecular weight excluding hydrogens is 258 g/mol. The van der Waals surface area contributed by atoms with E-state index in [0.29, 0.717) is 12.0 Å². The Morgan fingerprint density at radius 2 is 2.21 bits per heavy atom. The van der Waals surface area contributed by atoms with Gasteiger partial charge in [-0.3, -0.25) is 0 Å². The van der Waals surface area contributed by atoms with E-state index in [0.717, 1.165) is 36.8 Å². The van der Waals surface area contributed by atoms with Crippen LogP contribution in [0.1, 0.15) is 61.8 Å². The summed E-state index contributed by atoms with van der Waals surface area (Å²) < 4.78 is 5.89. The van der Waals surface area contributed by atoms with Crippen LogP contribution >= 0.6 is 11.6 Å². The van der Waals surface area contributed by atoms with Gasteiger partial charge in [-0.15, -0.1) is 0 Å². The molecular formula is C16H22ClNO. The number of rotatable bonds is 3. The lowest BCUT2D eigenvalue weighted by Crippen LogP contribution is -2.27. The zero-order valence-corrected chi connectivity index (χ0v) is 12.5. The molecule has 0 fully saturated rings. The van der Waals surface area contributed by atoms with Crippen LogP contribution in [0.25, 0.3) is 0 Å². The van der Waals surface area contributed by atoms with E-state index in [1.54, 1.807) is 0 Å². The van der Waals surface area contributed by atoms with Gasteiger partial charge in [0, 0.05) is 23.0 Å². The first kappa shape index (κ1) is 13.3. The Morgan fingerprint density at radius 3 is 3.00 bits per heavy atom. The highest BCUT2D eigenvalue weighted by Gasteiger charge is 2.32. The fourth-order valence-corrected chi connectivity index (χ4v) is 3.78. The molecule has 3 rings (SSSR count). The minimum absolute atomic E-state index is 0.396. The van der Waals surface area contributed by atoms with Gasteiger partial charge in [0.05, 0.1) is 6.61 Å². The summed E-state index contributed by atoms with van der Waals surface area (Å²) in [5.74, 6) is 1.69. The second-order valence-electron chi connectivity index (χ2n) is 5.76. The van der Waals surface area contributed by atoms with Crippen LogP contribution in [0, 0.1) is 0 Å². The summed E-state index contributed by atoms with van der Waals surface area (Å²) in [5.41, 5.74) is 3.97. The molecule has 0 amide bonds. The van der Waals surface area contributed by atoms with Crippen LogP contribution in [0.3, 0.4) is 0 Å². The van der Waals surface area contributed by atoms with Gasteiger partial charge in [0.25, 0.3) is 0 Å². The minimum Gasteiger partial charge on any atom is -0.493 e. The molecule has 0 aromatic heterocycles. The molecule has 1 aromatic rings. The molecule has 1 aromatic carbocycles. The monoisotopic (exact) mass is 279 g/mol. The Hall–Kier alpha value is -0.730. The fourth-order valence-electron chi connectivity index (χ4n) is 3.41. The van der Waals surface area contributed by atoms with Gasteiger partial charge < -0.3 is 10.1 Å². The maximum Gasteiger partial charge on any atom is 0.126 e. The Morgan fingerprint density at radius 1 is 1.37 bits per heavy atom. The second-order valence-corrected chi connectivity index (χ2v) is 6.16. The van der Waals surface area contributed by atoms with E-state index in [2.05, 4.69) is 25.2 Å². The van der Waals surface area contributed by atoms with Crippen molar-refractivity contribution in [3.8, 4) is 5.75 Å². The van der Waals surface area contributed by atoms with Gasteiger partial charge in [-0.05, 0) is 48.9 Å². The topological polar surface area (TPSA) is 21.3 Å². The zero-order valence-electron chi connectivity index (χ0n) is 11.8. The number of fused-ring (bicyclic) bond motifs is 3. The molecule has 2 unspecified atom stereocenters. The molecule has 0 bridgehead atoms. The molecule has 1 N–H and O–H groups in total. The van der Waals surface area contributed by atoms with Crippen LogP contribution in [0.4, 0.5) is 0 Å². The predicted molar refractivity (Wildman–Crippen MR) is 79.3 cm³/mol. The standard InChI is InChI=1S/C16H22ClNO/c1-3-7-18-13-5-4-10(2)14-15(13)12(17)9-11-6-8-19-16(11)14/h9-10,13,18H,3-8H2,1-2H3. The minimum atomic E-state index is 0.396. The van der Waals surface area contributed by atoms with Crippen LogP contribution in [-0.2, 0) is 6.42 Å². The zero-order chi connectivity index (χ0) is 13.4. The average molecular weight is 280 g/mol. The van der Waals surface area contributed by atoms with Crippen LogP contribution in [0.15, 0.2) is 6.07 Å². The molecule has 104 valence electrons. The first-order valence-electron chi connectivity index (χ1n) is 7.43. The van der Waals surface area contributed by atoms with Crippen LogP contribution in [0.2, 0.25) is 5.02 Å². The molecule has 0 spiro atoms. The van der Waals surface area contributed by atoms with E-state index >= 15 is 0 Å². The maximum atomic E-state index is 6.57. The van der Waals surface area contributed by atoms with Crippen molar-refractivity contribution in [2.45, 2.75) is 51.5 Å². The number of hydrogen-bond donors (Lipinski definition) is 1. The highest BCUT2D eigenvalue weighted by atomic mass is 35.5. The predicted octanol–water partition coefficient (Wildman–Crippen LogP) is 4.21. The van der Waals surface area contributed by atoms with Crippen molar-refractivity contribution in [3.63, 3.8) is 0 Å². The molecule has 19 heavy (non-hydrogen) atoms. The van der Waals surface area contributed by atoms with Gasteiger partial charge in [0.2, 0.25) is 0 Å². The van der Waals surface area contributed by atoms with E-state index < -0.39 is 0 Å². The lowest BCUT2D eigenvalue weighted by Gasteiger charge is -2.32. The van der Waals surface area contributed by atoms with Crippen molar-refractivity contribution in [2.75, 3.05) is 13.2 Å². The Bertz CT molecular complexity index is 486. The summed E-state index contributed by atoms with van der Waals surface area (Å²) in [5, 5.41) is 4.57. The largest absolute Gasteiger partial charge is 0.493 e. The number of nitrogens with one attached hydrogen (secondary N) is 1. The Balaban J connectivity index is 2.06. The van der Waals surface area contributed by atoms with Crippen molar-refractivity contribution in [2.24, 2.45) is 0 Å². The normalized spacial score (nSPS) is 24.8. The highest BCUT2D eigenvalue weighted by molar-refractivity contribution is 6.31. The summed E-state index contributed by atoms with van der Waals surface area (Å²) in [6, 6.07) is 2.52. The van der Waals surface area contributed by atoms with E-state index in [-0.39, 0.29) is 0 Å². The highest BCUT2D eigenvalue weighted by Crippen LogP contribution is 2.48. The first-order chi connectivity index (χ1) is 9.22. The van der Waals surface area contributed by atoms with E-state index in [4.69, 9.17) is 16.3 Å². The molecule has 1 aliphatic heterocycles. The van der Waals surface area contributed by atoms with E-state index in [9.17, 15) is 0 Å². The lowest BCUT2D eigenvalue weighted by molar-refractivity contribution is 0.343. The van der Waals surface area contributed by atoms with Crippen LogP contribution in [0.5, 0.6) is 5.75 Å². The summed E-state index contributed by atoms with van der Waals surface area (Å²) in [7, 11) is 0. The summed E-state index contributed by atoms with van der Waals surface area (Å²) >= 11 is 6.57. The van der Waals surface area contributed by atoms with Crippen LogP contribution in [-0.4, -0.2) is 13.2 Å². The third-order valence-corrected chi connectivity index (χ3v) is 4.69. The van der Waals surface area contributed by atoms with E-state index in [1.165, 1.54) is 29.5 Å². The molecule has 0 saturated heterocycles. The molecule has 0 saturated carbocycles. The van der Waals surface area contributed by atoms with Crippen LogP contribution < -0.4 is 10.1 Å². The Labute approximate surface area is 120 Å². The SMILES string of the molecule is CCCNC1CCC(C)c2c3c(cc(Cl)c21)CCO3. The number of halogens is 1. The van der Waals surface area contributed by atoms with Crippen molar-refractivity contribution in [1.29, 1.82) is 0 Å². The van der Waals surface area contributed by atoms with Gasteiger partial charge in [-0.25, -0.2) is 0 Å². The summed E-state index contributed by atoms with van der Waals surface area (Å²) in [6.45, 7) is 6.36. The number of ether oxygens (including phenoxy) is 1. The summed E-state index contributed by atoms with van der Waals surface area (Å²) in [4.78, 5) is 0. The van der Waals surface area contributed by atoms with E-state index in [1.807, 2.05) is 0 Å². The average Bonchev–Trinajstić information content (AvgIpc) is 2.85. The van der Waals surface area contributed by atoms with Crippen molar-refractivity contribution < 1.29 is 4.74 Å². The summed E-state index contributed by atoms with van der Waals surface area (Å²) in [6.07, 6.45) is 4.54. The lowest BCUT2D eigenvalue weighted by atomic mass is 9.79. The van der Waals surface area contributed by atoms with Gasteiger partial charge >= 0.3 is 0 Å². The third-order valence-electron chi connectivity index (χ3n) is 4.37. The first-order valence-corrected chi connectivity index (χ1v) is 7.81. The van der Waals surface area contributed by atoms with Crippen molar-refractivity contribution in [3.05, 3.63) is 27.8 Å². The van der Waals surface area contributed by atoms with Crippen molar-refractivity contribution >= 4 is 11.6 Å². The molecule has 2 nitrogen and oxygen atoms in total. The molecule has 0 radical (unpaired) electrons. The van der Waals surface area contributed by atoms with Gasteiger partial charge in [-0.1, -0.05) is 25.4 Å². The number of benzene rings is 1. The molecule has 1 heterocycles. The molecule has 3 heteroatoms. The maximum absolute atomic E-state index is 6.57. The number of hydrogen-bond acceptors (Lipinski definition) is 2. The molecule has 2 aliphatic rings. The smallest absolute Gasteiger partial charge is 0.126 e. The third kappa shape index (κ3) is 2.25. The van der Waals surface area contributed by atoms with Gasteiger partial charge in [0.15, 0.2) is 0 Å². The Kier molecular flexibility index (Phi) is 3.72. The van der Waals surface area contributed by atoms with Crippen molar-refractivity contribution in [1.82, 2.24) is 5.32 Å². The van der Waals surface area contributed by atoms with Gasteiger partial charge in [-0.2, -0.15) is 0 Å². The quantitative estimate of drug-likeness (QED) is 0.895. The second kappa shape index (κ2) is 5.34. The molecule has 1 aliphatic carbocycles. The fraction of sp³-hybridized carbons (Fsp3) is 0.625. The molecule has 2 atom stereocenters.